The Morgan fingerprint density at radius 3 is 2.65 bits per heavy atom. The van der Waals surface area contributed by atoms with Gasteiger partial charge in [-0.25, -0.2) is 0 Å². The minimum absolute atomic E-state index is 0.159. The Bertz CT molecular complexity index is 357. The molecule has 1 rings (SSSR count). The van der Waals surface area contributed by atoms with Crippen LogP contribution in [0, 0.1) is 0 Å². The van der Waals surface area contributed by atoms with E-state index in [0.29, 0.717) is 18.3 Å². The Labute approximate surface area is 97.4 Å². The van der Waals surface area contributed by atoms with Gasteiger partial charge in [0.1, 0.15) is 0 Å². The van der Waals surface area contributed by atoms with Crippen molar-refractivity contribution in [3.63, 3.8) is 0 Å². The molecule has 0 aliphatic heterocycles. The molecule has 1 aromatic heterocycles. The Morgan fingerprint density at radius 2 is 2.06 bits per heavy atom. The number of alkyl halides is 3. The van der Waals surface area contributed by atoms with E-state index in [1.165, 1.54) is 24.3 Å². The summed E-state index contributed by atoms with van der Waals surface area (Å²) in [6.45, 7) is 2.07. The topological polar surface area (TPSA) is 38.2 Å². The molecule has 0 saturated carbocycles. The summed E-state index contributed by atoms with van der Waals surface area (Å²) < 4.78 is 41.3. The standard InChI is InChI=1S/C10H14F3N3O/c1-3-17-9-7-14-6-8(15-9)16(2)5-4-10(11,12)13/h6-7H,3-5H2,1-2H3. The van der Waals surface area contributed by atoms with Crippen molar-refractivity contribution in [2.24, 2.45) is 0 Å². The molecule has 0 bridgehead atoms. The van der Waals surface area contributed by atoms with Gasteiger partial charge in [-0.15, -0.1) is 0 Å². The highest BCUT2D eigenvalue weighted by Gasteiger charge is 2.27. The van der Waals surface area contributed by atoms with E-state index in [4.69, 9.17) is 4.74 Å². The van der Waals surface area contributed by atoms with Crippen molar-refractivity contribution in [2.75, 3.05) is 25.1 Å². The van der Waals surface area contributed by atoms with E-state index in [0.717, 1.165) is 0 Å². The second kappa shape index (κ2) is 5.70. The number of hydrogen-bond donors (Lipinski definition) is 0. The van der Waals surface area contributed by atoms with Crippen molar-refractivity contribution >= 4 is 5.82 Å². The summed E-state index contributed by atoms with van der Waals surface area (Å²) in [4.78, 5) is 9.29. The first kappa shape index (κ1) is 13.5. The van der Waals surface area contributed by atoms with Crippen LogP contribution in [-0.2, 0) is 0 Å². The number of ether oxygens (including phenoxy) is 1. The van der Waals surface area contributed by atoms with Crippen molar-refractivity contribution in [2.45, 2.75) is 19.5 Å². The van der Waals surface area contributed by atoms with Gasteiger partial charge in [-0.1, -0.05) is 0 Å². The Hall–Kier alpha value is -1.53. The van der Waals surface area contributed by atoms with Gasteiger partial charge < -0.3 is 9.64 Å². The fourth-order valence-corrected chi connectivity index (χ4v) is 1.15. The summed E-state index contributed by atoms with van der Waals surface area (Å²) in [7, 11) is 1.53. The largest absolute Gasteiger partial charge is 0.477 e. The van der Waals surface area contributed by atoms with Gasteiger partial charge in [-0.05, 0) is 6.92 Å². The molecule has 0 amide bonds. The molecule has 4 nitrogen and oxygen atoms in total. The van der Waals surface area contributed by atoms with E-state index in [9.17, 15) is 13.2 Å². The lowest BCUT2D eigenvalue weighted by Gasteiger charge is -2.18. The lowest BCUT2D eigenvalue weighted by atomic mass is 10.4. The van der Waals surface area contributed by atoms with Crippen molar-refractivity contribution in [3.05, 3.63) is 12.4 Å². The van der Waals surface area contributed by atoms with E-state index in [-0.39, 0.29) is 6.54 Å². The maximum Gasteiger partial charge on any atom is 0.390 e. The van der Waals surface area contributed by atoms with Gasteiger partial charge in [0.25, 0.3) is 0 Å². The maximum atomic E-state index is 12.0. The molecule has 96 valence electrons. The van der Waals surface area contributed by atoms with Crippen LogP contribution in [0.5, 0.6) is 5.88 Å². The van der Waals surface area contributed by atoms with Crippen LogP contribution in [0.1, 0.15) is 13.3 Å². The average molecular weight is 249 g/mol. The quantitative estimate of drug-likeness (QED) is 0.802. The lowest BCUT2D eigenvalue weighted by Crippen LogP contribution is -2.25. The van der Waals surface area contributed by atoms with Crippen LogP contribution in [0.4, 0.5) is 19.0 Å². The predicted molar refractivity (Wildman–Crippen MR) is 57.1 cm³/mol. The van der Waals surface area contributed by atoms with Crippen LogP contribution in [0.15, 0.2) is 12.4 Å². The number of halogens is 3. The van der Waals surface area contributed by atoms with E-state index < -0.39 is 12.6 Å². The lowest BCUT2D eigenvalue weighted by molar-refractivity contribution is -0.132. The smallest absolute Gasteiger partial charge is 0.390 e. The van der Waals surface area contributed by atoms with Gasteiger partial charge in [0, 0.05) is 13.6 Å². The normalized spacial score (nSPS) is 11.4. The Balaban J connectivity index is 2.62. The molecule has 0 saturated heterocycles. The highest BCUT2D eigenvalue weighted by Crippen LogP contribution is 2.21. The Kier molecular flexibility index (Phi) is 4.53. The second-order valence-corrected chi connectivity index (χ2v) is 3.44. The van der Waals surface area contributed by atoms with E-state index in [1.54, 1.807) is 6.92 Å². The average Bonchev–Trinajstić information content (AvgIpc) is 2.26. The molecule has 1 aromatic rings. The second-order valence-electron chi connectivity index (χ2n) is 3.44. The molecule has 0 unspecified atom stereocenters. The summed E-state index contributed by atoms with van der Waals surface area (Å²) in [6, 6.07) is 0. The van der Waals surface area contributed by atoms with Crippen LogP contribution in [0.2, 0.25) is 0 Å². The van der Waals surface area contributed by atoms with Gasteiger partial charge in [-0.2, -0.15) is 18.2 Å². The molecule has 0 aliphatic rings. The molecule has 0 radical (unpaired) electrons. The predicted octanol–water partition coefficient (Wildman–Crippen LogP) is 2.26. The molecule has 7 heteroatoms. The van der Waals surface area contributed by atoms with Crippen molar-refractivity contribution in [3.8, 4) is 5.88 Å². The molecule has 0 fully saturated rings. The van der Waals surface area contributed by atoms with Gasteiger partial charge in [0.2, 0.25) is 5.88 Å². The zero-order chi connectivity index (χ0) is 12.9. The fourth-order valence-electron chi connectivity index (χ4n) is 1.15. The summed E-state index contributed by atoms with van der Waals surface area (Å²) in [5, 5.41) is 0. The van der Waals surface area contributed by atoms with E-state index >= 15 is 0 Å². The highest BCUT2D eigenvalue weighted by molar-refractivity contribution is 5.36. The zero-order valence-corrected chi connectivity index (χ0v) is 9.66. The minimum Gasteiger partial charge on any atom is -0.477 e. The number of rotatable bonds is 5. The Morgan fingerprint density at radius 1 is 1.35 bits per heavy atom. The summed E-state index contributed by atoms with van der Waals surface area (Å²) in [5.41, 5.74) is 0. The summed E-state index contributed by atoms with van der Waals surface area (Å²) >= 11 is 0. The van der Waals surface area contributed by atoms with E-state index in [2.05, 4.69) is 9.97 Å². The van der Waals surface area contributed by atoms with Gasteiger partial charge in [0.15, 0.2) is 5.82 Å². The van der Waals surface area contributed by atoms with Gasteiger partial charge in [-0.3, -0.25) is 4.98 Å². The first-order valence-electron chi connectivity index (χ1n) is 5.15. The van der Waals surface area contributed by atoms with Crippen molar-refractivity contribution in [1.29, 1.82) is 0 Å². The number of anilines is 1. The summed E-state index contributed by atoms with van der Waals surface area (Å²) in [6.07, 6.45) is -2.23. The first-order chi connectivity index (χ1) is 7.92. The number of hydrogen-bond acceptors (Lipinski definition) is 4. The van der Waals surface area contributed by atoms with Crippen molar-refractivity contribution in [1.82, 2.24) is 9.97 Å². The van der Waals surface area contributed by atoms with Crippen LogP contribution in [0.3, 0.4) is 0 Å². The minimum atomic E-state index is -4.17. The van der Waals surface area contributed by atoms with Gasteiger partial charge >= 0.3 is 6.18 Å². The molecule has 0 spiro atoms. The SMILES string of the molecule is CCOc1cncc(N(C)CCC(F)(F)F)n1. The first-order valence-corrected chi connectivity index (χ1v) is 5.15. The molecule has 1 heterocycles. The summed E-state index contributed by atoms with van der Waals surface area (Å²) in [5.74, 6) is 0.670. The molecule has 0 aromatic carbocycles. The number of aromatic nitrogens is 2. The molecule has 0 aliphatic carbocycles. The highest BCUT2D eigenvalue weighted by atomic mass is 19.4. The zero-order valence-electron chi connectivity index (χ0n) is 9.66. The molecule has 0 atom stereocenters. The van der Waals surface area contributed by atoms with Crippen LogP contribution >= 0.6 is 0 Å². The maximum absolute atomic E-state index is 12.0. The van der Waals surface area contributed by atoms with Crippen molar-refractivity contribution < 1.29 is 17.9 Å². The molecular formula is C10H14F3N3O. The van der Waals surface area contributed by atoms with Crippen LogP contribution < -0.4 is 9.64 Å². The fraction of sp³-hybridized carbons (Fsp3) is 0.600. The van der Waals surface area contributed by atoms with Gasteiger partial charge in [0.05, 0.1) is 25.4 Å². The van der Waals surface area contributed by atoms with Crippen LogP contribution in [0.25, 0.3) is 0 Å². The molecular weight excluding hydrogens is 235 g/mol. The molecule has 17 heavy (non-hydrogen) atoms. The third kappa shape index (κ3) is 4.88. The third-order valence-electron chi connectivity index (χ3n) is 2.01. The van der Waals surface area contributed by atoms with Crippen LogP contribution in [-0.4, -0.2) is 36.3 Å². The third-order valence-corrected chi connectivity index (χ3v) is 2.01. The molecule has 0 N–H and O–H groups in total. The van der Waals surface area contributed by atoms with E-state index in [1.807, 2.05) is 0 Å². The monoisotopic (exact) mass is 249 g/mol. The number of nitrogens with zero attached hydrogens (tertiary/aromatic N) is 3.